The summed E-state index contributed by atoms with van der Waals surface area (Å²) in [5, 5.41) is 3.41. The molecule has 0 bridgehead atoms. The molecule has 0 atom stereocenters. The number of ether oxygens (including phenoxy) is 3. The molecule has 1 aliphatic heterocycles. The quantitative estimate of drug-likeness (QED) is 0.741. The van der Waals surface area contributed by atoms with Crippen molar-refractivity contribution in [2.45, 2.75) is 40.2 Å². The van der Waals surface area contributed by atoms with Crippen LogP contribution in [0.4, 0.5) is 0 Å². The van der Waals surface area contributed by atoms with Crippen molar-refractivity contribution in [2.75, 3.05) is 19.9 Å². The molecule has 0 saturated heterocycles. The van der Waals surface area contributed by atoms with Gasteiger partial charge in [-0.25, -0.2) is 0 Å². The molecule has 0 spiro atoms. The lowest BCUT2D eigenvalue weighted by molar-refractivity contribution is 0.173. The maximum absolute atomic E-state index is 5.93. The van der Waals surface area contributed by atoms with Crippen LogP contribution in [0.1, 0.15) is 39.2 Å². The summed E-state index contributed by atoms with van der Waals surface area (Å²) in [4.78, 5) is 0. The molecule has 1 heterocycles. The number of fused-ring (bicyclic) bond motifs is 1. The third kappa shape index (κ3) is 4.04. The van der Waals surface area contributed by atoms with Gasteiger partial charge < -0.3 is 19.5 Å². The molecular formula is C16H25NO3. The summed E-state index contributed by atoms with van der Waals surface area (Å²) in [5.41, 5.74) is 1.13. The highest BCUT2D eigenvalue weighted by atomic mass is 16.7. The van der Waals surface area contributed by atoms with Crippen LogP contribution in [0.2, 0.25) is 0 Å². The van der Waals surface area contributed by atoms with Gasteiger partial charge in [0.05, 0.1) is 6.61 Å². The second-order valence-corrected chi connectivity index (χ2v) is 5.52. The van der Waals surface area contributed by atoms with Crippen molar-refractivity contribution in [2.24, 2.45) is 5.92 Å². The third-order valence-electron chi connectivity index (χ3n) is 3.25. The molecular weight excluding hydrogens is 254 g/mol. The van der Waals surface area contributed by atoms with E-state index in [4.69, 9.17) is 14.2 Å². The first-order chi connectivity index (χ1) is 9.70. The van der Waals surface area contributed by atoms with Crippen molar-refractivity contribution in [3.8, 4) is 17.2 Å². The summed E-state index contributed by atoms with van der Waals surface area (Å²) >= 11 is 0. The monoisotopic (exact) mass is 279 g/mol. The lowest BCUT2D eigenvalue weighted by Crippen LogP contribution is -2.15. The minimum Gasteiger partial charge on any atom is -0.493 e. The molecule has 2 rings (SSSR count). The molecule has 4 nitrogen and oxygen atoms in total. The molecule has 1 aromatic rings. The fraction of sp³-hybridized carbons (Fsp3) is 0.625. The molecule has 0 fully saturated rings. The molecule has 0 saturated carbocycles. The van der Waals surface area contributed by atoms with Gasteiger partial charge >= 0.3 is 0 Å². The van der Waals surface area contributed by atoms with E-state index < -0.39 is 0 Å². The Morgan fingerprint density at radius 2 is 2.00 bits per heavy atom. The van der Waals surface area contributed by atoms with Crippen molar-refractivity contribution >= 4 is 0 Å². The Balaban J connectivity index is 2.05. The Bertz CT molecular complexity index is 432. The van der Waals surface area contributed by atoms with Crippen LogP contribution in [0.25, 0.3) is 0 Å². The number of hydrogen-bond acceptors (Lipinski definition) is 4. The summed E-state index contributed by atoms with van der Waals surface area (Å²) in [6, 6.07) is 3.97. The largest absolute Gasteiger partial charge is 0.493 e. The first-order valence-electron chi connectivity index (χ1n) is 7.46. The predicted molar refractivity (Wildman–Crippen MR) is 79.5 cm³/mol. The molecule has 0 radical (unpaired) electrons. The zero-order chi connectivity index (χ0) is 14.4. The first-order valence-corrected chi connectivity index (χ1v) is 7.46. The fourth-order valence-electron chi connectivity index (χ4n) is 2.04. The van der Waals surface area contributed by atoms with E-state index in [0.717, 1.165) is 55.4 Å². The van der Waals surface area contributed by atoms with Crippen LogP contribution in [-0.2, 0) is 6.54 Å². The van der Waals surface area contributed by atoms with E-state index in [-0.39, 0.29) is 0 Å². The second kappa shape index (κ2) is 7.39. The smallest absolute Gasteiger partial charge is 0.231 e. The van der Waals surface area contributed by atoms with Crippen LogP contribution in [0.15, 0.2) is 12.1 Å². The van der Waals surface area contributed by atoms with Crippen molar-refractivity contribution < 1.29 is 14.2 Å². The molecule has 1 aliphatic rings. The maximum Gasteiger partial charge on any atom is 0.231 e. The molecule has 112 valence electrons. The van der Waals surface area contributed by atoms with Gasteiger partial charge in [-0.3, -0.25) is 0 Å². The standard InChI is InChI=1S/C16H25NO3/c1-4-6-17-10-13-8-15-16(20-11-19-15)9-14(13)18-7-5-12(2)3/h8-9,12,17H,4-7,10-11H2,1-3H3. The maximum atomic E-state index is 5.93. The highest BCUT2D eigenvalue weighted by Gasteiger charge is 2.18. The van der Waals surface area contributed by atoms with Gasteiger partial charge in [-0.05, 0) is 31.4 Å². The van der Waals surface area contributed by atoms with Gasteiger partial charge in [0.1, 0.15) is 5.75 Å². The molecule has 0 aromatic heterocycles. The third-order valence-corrected chi connectivity index (χ3v) is 3.25. The number of nitrogens with one attached hydrogen (secondary N) is 1. The molecule has 0 amide bonds. The van der Waals surface area contributed by atoms with Gasteiger partial charge in [0.2, 0.25) is 6.79 Å². The zero-order valence-electron chi connectivity index (χ0n) is 12.7. The van der Waals surface area contributed by atoms with E-state index in [2.05, 4.69) is 26.1 Å². The van der Waals surface area contributed by atoms with Crippen LogP contribution >= 0.6 is 0 Å². The summed E-state index contributed by atoms with van der Waals surface area (Å²) in [7, 11) is 0. The minimum absolute atomic E-state index is 0.298. The topological polar surface area (TPSA) is 39.7 Å². The van der Waals surface area contributed by atoms with E-state index >= 15 is 0 Å². The second-order valence-electron chi connectivity index (χ2n) is 5.52. The lowest BCUT2D eigenvalue weighted by atomic mass is 10.1. The van der Waals surface area contributed by atoms with Crippen molar-refractivity contribution in [3.63, 3.8) is 0 Å². The molecule has 1 aromatic carbocycles. The lowest BCUT2D eigenvalue weighted by Gasteiger charge is -2.14. The van der Waals surface area contributed by atoms with Crippen molar-refractivity contribution in [3.05, 3.63) is 17.7 Å². The van der Waals surface area contributed by atoms with Gasteiger partial charge in [-0.1, -0.05) is 20.8 Å². The summed E-state index contributed by atoms with van der Waals surface area (Å²) < 4.78 is 16.8. The first kappa shape index (κ1) is 15.0. The van der Waals surface area contributed by atoms with Crippen molar-refractivity contribution in [1.29, 1.82) is 0 Å². The van der Waals surface area contributed by atoms with Gasteiger partial charge in [0.25, 0.3) is 0 Å². The van der Waals surface area contributed by atoms with E-state index in [1.807, 2.05) is 12.1 Å². The van der Waals surface area contributed by atoms with Gasteiger partial charge in [-0.15, -0.1) is 0 Å². The van der Waals surface area contributed by atoms with Gasteiger partial charge in [0, 0.05) is 18.2 Å². The minimum atomic E-state index is 0.298. The molecule has 4 heteroatoms. The van der Waals surface area contributed by atoms with Crippen LogP contribution in [0.3, 0.4) is 0 Å². The van der Waals surface area contributed by atoms with E-state index in [1.165, 1.54) is 0 Å². The Labute approximate surface area is 121 Å². The summed E-state index contributed by atoms with van der Waals surface area (Å²) in [5.74, 6) is 3.14. The molecule has 0 aliphatic carbocycles. The Morgan fingerprint density at radius 1 is 1.25 bits per heavy atom. The summed E-state index contributed by atoms with van der Waals surface area (Å²) in [6.45, 7) is 9.39. The van der Waals surface area contributed by atoms with Gasteiger partial charge in [-0.2, -0.15) is 0 Å². The van der Waals surface area contributed by atoms with Crippen LogP contribution in [-0.4, -0.2) is 19.9 Å². The average Bonchev–Trinajstić information content (AvgIpc) is 2.85. The van der Waals surface area contributed by atoms with E-state index in [0.29, 0.717) is 12.7 Å². The van der Waals surface area contributed by atoms with Crippen molar-refractivity contribution in [1.82, 2.24) is 5.32 Å². The summed E-state index contributed by atoms with van der Waals surface area (Å²) in [6.07, 6.45) is 2.17. The highest BCUT2D eigenvalue weighted by Crippen LogP contribution is 2.38. The average molecular weight is 279 g/mol. The molecule has 20 heavy (non-hydrogen) atoms. The Morgan fingerprint density at radius 3 is 2.70 bits per heavy atom. The Kier molecular flexibility index (Phi) is 5.53. The SMILES string of the molecule is CCCNCc1cc2c(cc1OCCC(C)C)OCO2. The number of rotatable bonds is 8. The van der Waals surface area contributed by atoms with Crippen LogP contribution < -0.4 is 19.5 Å². The Hall–Kier alpha value is -1.42. The normalized spacial score (nSPS) is 13.0. The molecule has 0 unspecified atom stereocenters. The number of hydrogen-bond donors (Lipinski definition) is 1. The van der Waals surface area contributed by atoms with Crippen LogP contribution in [0.5, 0.6) is 17.2 Å². The fourth-order valence-corrected chi connectivity index (χ4v) is 2.04. The molecule has 1 N–H and O–H groups in total. The highest BCUT2D eigenvalue weighted by molar-refractivity contribution is 5.51. The number of benzene rings is 1. The zero-order valence-corrected chi connectivity index (χ0v) is 12.7. The van der Waals surface area contributed by atoms with Gasteiger partial charge in [0.15, 0.2) is 11.5 Å². The predicted octanol–water partition coefficient (Wildman–Crippen LogP) is 3.34. The van der Waals surface area contributed by atoms with E-state index in [9.17, 15) is 0 Å². The van der Waals surface area contributed by atoms with E-state index in [1.54, 1.807) is 0 Å². The van der Waals surface area contributed by atoms with Crippen LogP contribution in [0, 0.1) is 5.92 Å².